The Kier molecular flexibility index (Phi) is 7.26. The van der Waals surface area contributed by atoms with Gasteiger partial charge < -0.3 is 25.8 Å². The maximum Gasteiger partial charge on any atom is 0.416 e. The number of fused-ring (bicyclic) bond motifs is 1. The number of carbonyl (C=O) groups is 2. The number of urea groups is 1. The molecule has 0 radical (unpaired) electrons. The number of anilines is 3. The second-order valence-corrected chi connectivity index (χ2v) is 9.28. The molecule has 208 valence electrons. The van der Waals surface area contributed by atoms with E-state index in [2.05, 4.69) is 30.9 Å². The predicted molar refractivity (Wildman–Crippen MR) is 144 cm³/mol. The van der Waals surface area contributed by atoms with Crippen molar-refractivity contribution in [3.8, 4) is 5.69 Å². The van der Waals surface area contributed by atoms with Crippen LogP contribution >= 0.6 is 0 Å². The number of nitrogens with one attached hydrogen (secondary N) is 3. The topological polar surface area (TPSA) is 120 Å². The molecule has 0 saturated carbocycles. The molecule has 3 N–H and O–H groups in total. The summed E-state index contributed by atoms with van der Waals surface area (Å²) in [4.78, 5) is 41.9. The second-order valence-electron chi connectivity index (χ2n) is 9.28. The monoisotopic (exact) mass is 553 g/mol. The van der Waals surface area contributed by atoms with Gasteiger partial charge in [-0.25, -0.2) is 19.7 Å². The zero-order valence-electron chi connectivity index (χ0n) is 21.7. The minimum Gasteiger partial charge on any atom is -0.371 e. The number of imidazole rings is 1. The molecule has 4 aromatic rings. The Labute approximate surface area is 227 Å². The molecule has 0 spiro atoms. The molecule has 40 heavy (non-hydrogen) atoms. The third kappa shape index (κ3) is 5.66. The third-order valence-corrected chi connectivity index (χ3v) is 6.53. The van der Waals surface area contributed by atoms with Crippen LogP contribution in [-0.2, 0) is 6.18 Å². The van der Waals surface area contributed by atoms with Gasteiger partial charge in [-0.3, -0.25) is 9.36 Å². The number of carbonyl (C=O) groups excluding carboxylic acids is 2. The van der Waals surface area contributed by atoms with Gasteiger partial charge in [0.1, 0.15) is 12.7 Å². The predicted octanol–water partition coefficient (Wildman–Crippen LogP) is 3.91. The highest BCUT2D eigenvalue weighted by Crippen LogP contribution is 2.32. The van der Waals surface area contributed by atoms with E-state index >= 15 is 0 Å². The Morgan fingerprint density at radius 3 is 2.27 bits per heavy atom. The average molecular weight is 554 g/mol. The van der Waals surface area contributed by atoms with Crippen LogP contribution in [0.3, 0.4) is 0 Å². The molecule has 1 aliphatic rings. The number of hydrogen-bond donors (Lipinski definition) is 3. The van der Waals surface area contributed by atoms with Gasteiger partial charge >= 0.3 is 12.2 Å². The second kappa shape index (κ2) is 10.8. The number of alkyl halides is 3. The van der Waals surface area contributed by atoms with E-state index in [0.29, 0.717) is 48.8 Å². The molecule has 1 saturated heterocycles. The van der Waals surface area contributed by atoms with Gasteiger partial charge in [0.15, 0.2) is 17.0 Å². The number of nitrogens with zero attached hydrogens (tertiary/aromatic N) is 6. The minimum absolute atomic E-state index is 0.142. The largest absolute Gasteiger partial charge is 0.416 e. The Morgan fingerprint density at radius 2 is 1.60 bits per heavy atom. The summed E-state index contributed by atoms with van der Waals surface area (Å²) in [6, 6.07) is 8.84. The van der Waals surface area contributed by atoms with Crippen LogP contribution in [0.2, 0.25) is 0 Å². The molecule has 3 heterocycles. The molecule has 0 aliphatic carbocycles. The molecule has 11 nitrogen and oxygen atoms in total. The molecule has 0 atom stereocenters. The van der Waals surface area contributed by atoms with Crippen LogP contribution < -0.4 is 16.0 Å². The first-order valence-electron chi connectivity index (χ1n) is 12.4. The standard InChI is InChI=1S/C26H26F3N9O2/c1-30-22-21-23(32-14-31-22)38(15-33-21)20-5-3-18(4-6-20)34-25(40)35-19-12-16(11-17(13-19)26(27,28)29)24(39)37-9-7-36(2)8-10-37/h3-6,11-15H,7-10H2,1-2H3,(H,30,31,32)(H2,34,35,40). The maximum absolute atomic E-state index is 13.6. The van der Waals surface area contributed by atoms with E-state index in [-0.39, 0.29) is 11.3 Å². The van der Waals surface area contributed by atoms with Crippen molar-refractivity contribution in [1.29, 1.82) is 0 Å². The van der Waals surface area contributed by atoms with Crippen LogP contribution in [0.1, 0.15) is 15.9 Å². The summed E-state index contributed by atoms with van der Waals surface area (Å²) in [5.41, 5.74) is 0.992. The molecule has 0 bridgehead atoms. The van der Waals surface area contributed by atoms with Crippen LogP contribution in [-0.4, -0.2) is 81.5 Å². The molecule has 14 heteroatoms. The van der Waals surface area contributed by atoms with Gasteiger partial charge in [-0.15, -0.1) is 0 Å². The lowest BCUT2D eigenvalue weighted by Crippen LogP contribution is -2.47. The van der Waals surface area contributed by atoms with Crippen molar-refractivity contribution in [2.24, 2.45) is 0 Å². The number of benzene rings is 2. The highest BCUT2D eigenvalue weighted by atomic mass is 19.4. The van der Waals surface area contributed by atoms with E-state index in [0.717, 1.165) is 17.8 Å². The molecule has 2 aromatic heterocycles. The van der Waals surface area contributed by atoms with E-state index in [1.807, 2.05) is 11.9 Å². The third-order valence-electron chi connectivity index (χ3n) is 6.53. The van der Waals surface area contributed by atoms with Crippen molar-refractivity contribution in [2.75, 3.05) is 56.2 Å². The Hall–Kier alpha value is -4.72. The zero-order chi connectivity index (χ0) is 28.4. The first kappa shape index (κ1) is 26.9. The number of halogens is 3. The van der Waals surface area contributed by atoms with Crippen LogP contribution in [0.15, 0.2) is 55.1 Å². The van der Waals surface area contributed by atoms with Gasteiger partial charge in [-0.05, 0) is 49.5 Å². The summed E-state index contributed by atoms with van der Waals surface area (Å²) < 4.78 is 42.6. The summed E-state index contributed by atoms with van der Waals surface area (Å²) >= 11 is 0. The molecule has 2 aromatic carbocycles. The van der Waals surface area contributed by atoms with Gasteiger partial charge in [0, 0.05) is 55.9 Å². The highest BCUT2D eigenvalue weighted by Gasteiger charge is 2.33. The van der Waals surface area contributed by atoms with E-state index < -0.39 is 23.7 Å². The van der Waals surface area contributed by atoms with Crippen molar-refractivity contribution >= 4 is 40.3 Å². The van der Waals surface area contributed by atoms with Crippen molar-refractivity contribution in [2.45, 2.75) is 6.18 Å². The Bertz CT molecular complexity index is 1550. The fraction of sp³-hybridized carbons (Fsp3) is 0.269. The van der Waals surface area contributed by atoms with Crippen LogP contribution in [0.5, 0.6) is 0 Å². The summed E-state index contributed by atoms with van der Waals surface area (Å²) in [6.45, 7) is 2.06. The van der Waals surface area contributed by atoms with Gasteiger partial charge in [-0.1, -0.05) is 0 Å². The fourth-order valence-electron chi connectivity index (χ4n) is 4.38. The first-order chi connectivity index (χ1) is 19.1. The number of piperazine rings is 1. The lowest BCUT2D eigenvalue weighted by atomic mass is 10.1. The summed E-state index contributed by atoms with van der Waals surface area (Å²) in [5.74, 6) is 0.0686. The SMILES string of the molecule is CNc1ncnc2c1ncn2-c1ccc(NC(=O)Nc2cc(C(=O)N3CCN(C)CC3)cc(C(F)(F)F)c2)cc1. The Morgan fingerprint density at radius 1 is 0.900 bits per heavy atom. The van der Waals surface area contributed by atoms with Crippen molar-refractivity contribution in [3.05, 3.63) is 66.2 Å². The Balaban J connectivity index is 1.31. The van der Waals surface area contributed by atoms with Crippen LogP contribution in [0.4, 0.5) is 35.2 Å². The average Bonchev–Trinajstić information content (AvgIpc) is 3.37. The van der Waals surface area contributed by atoms with Crippen LogP contribution in [0.25, 0.3) is 16.9 Å². The molecular formula is C26H26F3N9O2. The lowest BCUT2D eigenvalue weighted by molar-refractivity contribution is -0.137. The molecule has 0 unspecified atom stereocenters. The van der Waals surface area contributed by atoms with E-state index in [9.17, 15) is 22.8 Å². The zero-order valence-corrected chi connectivity index (χ0v) is 21.7. The number of amides is 3. The maximum atomic E-state index is 13.6. The normalized spacial score (nSPS) is 14.3. The minimum atomic E-state index is -4.70. The number of likely N-dealkylation sites (N-methyl/N-ethyl adjacent to an activating group) is 1. The number of rotatable bonds is 5. The molecule has 1 fully saturated rings. The van der Waals surface area contributed by atoms with Gasteiger partial charge in [-0.2, -0.15) is 13.2 Å². The molecule has 5 rings (SSSR count). The lowest BCUT2D eigenvalue weighted by Gasteiger charge is -2.32. The van der Waals surface area contributed by atoms with E-state index in [4.69, 9.17) is 0 Å². The van der Waals surface area contributed by atoms with E-state index in [1.54, 1.807) is 42.2 Å². The summed E-state index contributed by atoms with van der Waals surface area (Å²) in [6.07, 6.45) is -1.67. The van der Waals surface area contributed by atoms with Crippen molar-refractivity contribution in [1.82, 2.24) is 29.3 Å². The number of hydrogen-bond acceptors (Lipinski definition) is 7. The smallest absolute Gasteiger partial charge is 0.371 e. The molecule has 3 amide bonds. The fourth-order valence-corrected chi connectivity index (χ4v) is 4.38. The first-order valence-corrected chi connectivity index (χ1v) is 12.4. The van der Waals surface area contributed by atoms with E-state index in [1.165, 1.54) is 17.3 Å². The quantitative estimate of drug-likeness (QED) is 0.343. The van der Waals surface area contributed by atoms with Crippen LogP contribution in [0, 0.1) is 0 Å². The van der Waals surface area contributed by atoms with Crippen molar-refractivity contribution < 1.29 is 22.8 Å². The summed E-state index contributed by atoms with van der Waals surface area (Å²) in [7, 11) is 3.65. The van der Waals surface area contributed by atoms with Gasteiger partial charge in [0.2, 0.25) is 0 Å². The molecular weight excluding hydrogens is 527 g/mol. The van der Waals surface area contributed by atoms with Gasteiger partial charge in [0.05, 0.1) is 5.56 Å². The van der Waals surface area contributed by atoms with Crippen molar-refractivity contribution in [3.63, 3.8) is 0 Å². The summed E-state index contributed by atoms with van der Waals surface area (Å²) in [5, 5.41) is 7.98. The number of aromatic nitrogens is 4. The highest BCUT2D eigenvalue weighted by molar-refractivity contribution is 6.01. The molecule has 1 aliphatic heterocycles. The van der Waals surface area contributed by atoms with Gasteiger partial charge in [0.25, 0.3) is 5.91 Å².